The van der Waals surface area contributed by atoms with E-state index in [0.29, 0.717) is 11.3 Å². The fourth-order valence-electron chi connectivity index (χ4n) is 2.71. The summed E-state index contributed by atoms with van der Waals surface area (Å²) in [6.45, 7) is 6.36. The van der Waals surface area contributed by atoms with Gasteiger partial charge in [0.15, 0.2) is 13.1 Å². The minimum atomic E-state index is -1.49. The van der Waals surface area contributed by atoms with Crippen LogP contribution in [0.15, 0.2) is 12.1 Å². The number of carbonyl (C=O) groups is 2. The van der Waals surface area contributed by atoms with E-state index in [1.165, 1.54) is 13.2 Å². The second-order valence-corrected chi connectivity index (χ2v) is 7.76. The van der Waals surface area contributed by atoms with E-state index in [0.717, 1.165) is 0 Å². The summed E-state index contributed by atoms with van der Waals surface area (Å²) in [5, 5.41) is 23.4. The smallest absolute Gasteiger partial charge is 0.534 e. The van der Waals surface area contributed by atoms with E-state index in [-0.39, 0.29) is 30.1 Å². The van der Waals surface area contributed by atoms with E-state index in [2.05, 4.69) is 5.32 Å². The monoisotopic (exact) mass is 409 g/mol. The van der Waals surface area contributed by atoms with Gasteiger partial charge < -0.3 is 34.3 Å². The number of nitrogens with one attached hydrogen (secondary N) is 1. The van der Waals surface area contributed by atoms with Gasteiger partial charge in [0.1, 0.15) is 11.5 Å². The molecule has 0 radical (unpaired) electrons. The number of aliphatic hydroxyl groups excluding tert-OH is 1. The lowest BCUT2D eigenvalue weighted by Gasteiger charge is -2.30. The summed E-state index contributed by atoms with van der Waals surface area (Å²) in [4.78, 5) is 23.5. The number of amides is 1. The van der Waals surface area contributed by atoms with Gasteiger partial charge in [-0.25, -0.2) is 0 Å². The first kappa shape index (κ1) is 23.0. The summed E-state index contributed by atoms with van der Waals surface area (Å²) < 4.78 is 21.1. The Hall–Kier alpha value is -2.30. The number of carbonyl (C=O) groups excluding carboxylic acids is 2. The normalized spacial score (nSPS) is 17.1. The first-order valence-electron chi connectivity index (χ1n) is 9.38. The van der Waals surface area contributed by atoms with Crippen molar-refractivity contribution in [1.82, 2.24) is 5.32 Å². The summed E-state index contributed by atoms with van der Waals surface area (Å²) in [5.74, 6) is -0.656. The molecular formula is C19H28BNO8. The van der Waals surface area contributed by atoms with Crippen LogP contribution in [-0.2, 0) is 25.5 Å². The van der Waals surface area contributed by atoms with Gasteiger partial charge in [0, 0.05) is 6.42 Å². The number of hydrogen-bond donors (Lipinski definition) is 3. The van der Waals surface area contributed by atoms with E-state index in [4.69, 9.17) is 18.9 Å². The highest BCUT2D eigenvalue weighted by Crippen LogP contribution is 2.37. The number of fused-ring (bicyclic) bond motifs is 1. The second-order valence-electron chi connectivity index (χ2n) is 7.76. The SMILES string of the molecule is CCC(=O)N[C@H]1Cc2cc(OC)cc(C(O)OCOC(=O)C(C)(C)C)c2OB1O. The number of methoxy groups -OCH3 is 1. The third-order valence-electron chi connectivity index (χ3n) is 4.39. The average molecular weight is 409 g/mol. The molecule has 10 heteroatoms. The van der Waals surface area contributed by atoms with Gasteiger partial charge in [-0.1, -0.05) is 6.92 Å². The highest BCUT2D eigenvalue weighted by molar-refractivity contribution is 6.46. The topological polar surface area (TPSA) is 124 Å². The van der Waals surface area contributed by atoms with Crippen molar-refractivity contribution in [2.24, 2.45) is 5.41 Å². The molecule has 0 saturated heterocycles. The Labute approximate surface area is 170 Å². The van der Waals surface area contributed by atoms with Crippen LogP contribution in [0.1, 0.15) is 51.5 Å². The Morgan fingerprint density at radius 3 is 2.66 bits per heavy atom. The minimum Gasteiger partial charge on any atom is -0.534 e. The average Bonchev–Trinajstić information content (AvgIpc) is 2.66. The van der Waals surface area contributed by atoms with Gasteiger partial charge in [0.2, 0.25) is 5.91 Å². The first-order valence-corrected chi connectivity index (χ1v) is 9.38. The van der Waals surface area contributed by atoms with E-state index >= 15 is 0 Å². The van der Waals surface area contributed by atoms with Crippen LogP contribution in [0.25, 0.3) is 0 Å². The molecule has 9 nitrogen and oxygen atoms in total. The van der Waals surface area contributed by atoms with Crippen molar-refractivity contribution in [3.05, 3.63) is 23.3 Å². The van der Waals surface area contributed by atoms with E-state index in [9.17, 15) is 19.7 Å². The van der Waals surface area contributed by atoms with Crippen LogP contribution in [0.5, 0.6) is 11.5 Å². The van der Waals surface area contributed by atoms with Gasteiger partial charge in [-0.05, 0) is 44.9 Å². The van der Waals surface area contributed by atoms with Gasteiger partial charge in [0.05, 0.1) is 24.0 Å². The lowest BCUT2D eigenvalue weighted by Crippen LogP contribution is -2.53. The molecule has 0 fully saturated rings. The zero-order valence-electron chi connectivity index (χ0n) is 17.4. The van der Waals surface area contributed by atoms with Gasteiger partial charge in [-0.15, -0.1) is 0 Å². The van der Waals surface area contributed by atoms with Crippen molar-refractivity contribution in [3.63, 3.8) is 0 Å². The zero-order valence-corrected chi connectivity index (χ0v) is 17.4. The second kappa shape index (κ2) is 9.47. The number of esters is 1. The standard InChI is InChI=1S/C19H28BNO8/c1-6-15(22)21-14-8-11-7-12(26-5)9-13(16(11)29-20(14)25)17(23)27-10-28-18(24)19(2,3)4/h7,9,14,17,23,25H,6,8,10H2,1-5H3,(H,21,22)/t14-,17?/m0/s1. The van der Waals surface area contributed by atoms with Gasteiger partial charge >= 0.3 is 13.1 Å². The van der Waals surface area contributed by atoms with Crippen LogP contribution >= 0.6 is 0 Å². The predicted octanol–water partition coefficient (Wildman–Crippen LogP) is 1.10. The molecule has 160 valence electrons. The Morgan fingerprint density at radius 2 is 2.07 bits per heavy atom. The van der Waals surface area contributed by atoms with Crippen molar-refractivity contribution in [2.75, 3.05) is 13.9 Å². The molecule has 2 rings (SSSR count). The van der Waals surface area contributed by atoms with Crippen molar-refractivity contribution < 1.29 is 38.6 Å². The maximum Gasteiger partial charge on any atom is 0.547 e. The van der Waals surface area contributed by atoms with Gasteiger partial charge in [-0.3, -0.25) is 9.59 Å². The van der Waals surface area contributed by atoms with E-state index in [1.807, 2.05) is 0 Å². The van der Waals surface area contributed by atoms with Crippen molar-refractivity contribution in [3.8, 4) is 11.5 Å². The Bertz CT molecular complexity index is 748. The third-order valence-corrected chi connectivity index (χ3v) is 4.39. The predicted molar refractivity (Wildman–Crippen MR) is 104 cm³/mol. The maximum absolute atomic E-state index is 11.8. The molecular weight excluding hydrogens is 381 g/mol. The molecule has 2 atom stereocenters. The van der Waals surface area contributed by atoms with Crippen molar-refractivity contribution >= 4 is 19.0 Å². The molecule has 0 bridgehead atoms. The molecule has 0 spiro atoms. The number of aliphatic hydroxyl groups is 1. The van der Waals surface area contributed by atoms with E-state index < -0.39 is 37.5 Å². The highest BCUT2D eigenvalue weighted by Gasteiger charge is 2.38. The van der Waals surface area contributed by atoms with Gasteiger partial charge in [0.25, 0.3) is 0 Å². The molecule has 0 aromatic heterocycles. The lowest BCUT2D eigenvalue weighted by molar-refractivity contribution is -0.193. The number of rotatable bonds is 7. The van der Waals surface area contributed by atoms with Crippen LogP contribution in [0, 0.1) is 5.41 Å². The van der Waals surface area contributed by atoms with Crippen LogP contribution in [-0.4, -0.2) is 49.0 Å². The van der Waals surface area contributed by atoms with Crippen LogP contribution in [0.3, 0.4) is 0 Å². The summed E-state index contributed by atoms with van der Waals surface area (Å²) >= 11 is 0. The third kappa shape index (κ3) is 5.85. The summed E-state index contributed by atoms with van der Waals surface area (Å²) in [7, 11) is 0.176. The molecule has 0 saturated carbocycles. The first-order chi connectivity index (χ1) is 13.6. The molecule has 3 N–H and O–H groups in total. The molecule has 1 heterocycles. The highest BCUT2D eigenvalue weighted by atomic mass is 16.7. The molecule has 1 aliphatic heterocycles. The molecule has 1 aliphatic rings. The number of ether oxygens (including phenoxy) is 3. The largest absolute Gasteiger partial charge is 0.547 e. The molecule has 1 unspecified atom stereocenters. The molecule has 1 amide bonds. The molecule has 0 aliphatic carbocycles. The summed E-state index contributed by atoms with van der Waals surface area (Å²) in [5.41, 5.74) is 0.139. The quantitative estimate of drug-likeness (QED) is 0.348. The van der Waals surface area contributed by atoms with Crippen LogP contribution in [0.2, 0.25) is 0 Å². The number of hydrogen-bond acceptors (Lipinski definition) is 8. The fraction of sp³-hybridized carbons (Fsp3) is 0.579. The van der Waals surface area contributed by atoms with Gasteiger partial charge in [-0.2, -0.15) is 0 Å². The van der Waals surface area contributed by atoms with Crippen LogP contribution in [0.4, 0.5) is 0 Å². The fourth-order valence-corrected chi connectivity index (χ4v) is 2.71. The van der Waals surface area contributed by atoms with E-state index in [1.54, 1.807) is 33.8 Å². The summed E-state index contributed by atoms with van der Waals surface area (Å²) in [6.07, 6.45) is -0.933. The molecule has 29 heavy (non-hydrogen) atoms. The number of benzene rings is 1. The zero-order chi connectivity index (χ0) is 21.8. The Morgan fingerprint density at radius 1 is 1.38 bits per heavy atom. The lowest BCUT2D eigenvalue weighted by atomic mass is 9.72. The Kier molecular flexibility index (Phi) is 7.51. The maximum atomic E-state index is 11.8. The summed E-state index contributed by atoms with van der Waals surface area (Å²) in [6, 6.07) is 3.20. The van der Waals surface area contributed by atoms with Crippen LogP contribution < -0.4 is 14.7 Å². The minimum absolute atomic E-state index is 0.213. The molecule has 1 aromatic rings. The molecule has 1 aromatic carbocycles. The van der Waals surface area contributed by atoms with Crippen molar-refractivity contribution in [1.29, 1.82) is 0 Å². The Balaban J connectivity index is 2.18. The van der Waals surface area contributed by atoms with Crippen molar-refractivity contribution in [2.45, 2.75) is 52.8 Å².